The maximum atomic E-state index is 12.7. The largest absolute Gasteiger partial charge is 0.633 e. The molecule has 32 heavy (non-hydrogen) atoms. The van der Waals surface area contributed by atoms with E-state index in [2.05, 4.69) is 0 Å². The Hall–Kier alpha value is -2.90. The maximum Gasteiger partial charge on any atom is 0.144 e. The number of methoxy groups -OCH3 is 2. The van der Waals surface area contributed by atoms with Gasteiger partial charge < -0.3 is 29.2 Å². The first kappa shape index (κ1) is 22.3. The highest BCUT2D eigenvalue weighted by Gasteiger charge is 2.46. The predicted octanol–water partition coefficient (Wildman–Crippen LogP) is 3.70. The summed E-state index contributed by atoms with van der Waals surface area (Å²) < 4.78 is 17.0. The van der Waals surface area contributed by atoms with Crippen LogP contribution >= 0.6 is 0 Å². The van der Waals surface area contributed by atoms with Gasteiger partial charge in [-0.05, 0) is 41.0 Å². The number of benzene rings is 3. The van der Waals surface area contributed by atoms with Gasteiger partial charge in [-0.2, -0.15) is 0 Å². The summed E-state index contributed by atoms with van der Waals surface area (Å²) in [6.07, 6.45) is -1.50. The van der Waals surface area contributed by atoms with Crippen LogP contribution in [-0.2, 0) is 10.3 Å². The van der Waals surface area contributed by atoms with Crippen molar-refractivity contribution in [2.45, 2.75) is 17.8 Å². The van der Waals surface area contributed by atoms with Gasteiger partial charge in [-0.25, -0.2) is 0 Å². The summed E-state index contributed by atoms with van der Waals surface area (Å²) in [6.45, 7) is 0.267. The van der Waals surface area contributed by atoms with Crippen LogP contribution in [0.5, 0.6) is 11.5 Å². The Bertz CT molecular complexity index is 971. The summed E-state index contributed by atoms with van der Waals surface area (Å²) in [5.41, 5.74) is 1.59. The molecule has 1 heterocycles. The van der Waals surface area contributed by atoms with E-state index in [1.807, 2.05) is 78.9 Å². The molecule has 0 radical (unpaired) electrons. The molecule has 0 spiro atoms. The number of likely N-dealkylation sites (N-methyl/N-ethyl adjacent to an activating group) is 1. The van der Waals surface area contributed by atoms with Crippen molar-refractivity contribution in [1.29, 1.82) is 0 Å². The molecule has 0 bridgehead atoms. The van der Waals surface area contributed by atoms with Crippen LogP contribution in [0, 0.1) is 5.21 Å². The molecule has 0 amide bonds. The molecule has 1 N–H and O–H groups in total. The molecule has 1 fully saturated rings. The fourth-order valence-electron chi connectivity index (χ4n) is 4.46. The molecule has 0 aliphatic carbocycles. The van der Waals surface area contributed by atoms with E-state index in [0.717, 1.165) is 28.2 Å². The van der Waals surface area contributed by atoms with Gasteiger partial charge >= 0.3 is 0 Å². The molecule has 168 valence electrons. The number of hydrogen-bond acceptors (Lipinski definition) is 5. The minimum atomic E-state index is -1.05. The molecule has 1 saturated heterocycles. The number of hydroxylamine groups is 3. The molecular weight excluding hydrogens is 406 g/mol. The van der Waals surface area contributed by atoms with Gasteiger partial charge in [-0.15, -0.1) is 0 Å². The lowest BCUT2D eigenvalue weighted by atomic mass is 9.79. The molecule has 1 aliphatic heterocycles. The van der Waals surface area contributed by atoms with Crippen LogP contribution in [0.3, 0.4) is 0 Å². The van der Waals surface area contributed by atoms with Crippen LogP contribution in [0.25, 0.3) is 0 Å². The van der Waals surface area contributed by atoms with Crippen molar-refractivity contribution in [3.63, 3.8) is 0 Å². The van der Waals surface area contributed by atoms with Gasteiger partial charge in [0, 0.05) is 0 Å². The van der Waals surface area contributed by atoms with Crippen molar-refractivity contribution >= 4 is 0 Å². The number of aliphatic hydroxyl groups excluding tert-OH is 1. The van der Waals surface area contributed by atoms with Crippen molar-refractivity contribution < 1.29 is 24.0 Å². The molecule has 3 aromatic carbocycles. The van der Waals surface area contributed by atoms with Gasteiger partial charge in [0.2, 0.25) is 0 Å². The van der Waals surface area contributed by atoms with E-state index in [-0.39, 0.29) is 13.1 Å². The van der Waals surface area contributed by atoms with Crippen molar-refractivity contribution in [3.8, 4) is 11.5 Å². The molecule has 0 saturated carbocycles. The van der Waals surface area contributed by atoms with E-state index in [4.69, 9.17) is 14.2 Å². The van der Waals surface area contributed by atoms with Crippen molar-refractivity contribution in [3.05, 3.63) is 101 Å². The van der Waals surface area contributed by atoms with Crippen LogP contribution in [0.1, 0.15) is 16.7 Å². The highest BCUT2D eigenvalue weighted by Crippen LogP contribution is 2.43. The van der Waals surface area contributed by atoms with E-state index >= 15 is 0 Å². The minimum absolute atomic E-state index is 0.0980. The summed E-state index contributed by atoms with van der Waals surface area (Å²) in [6, 6.07) is 25.3. The summed E-state index contributed by atoms with van der Waals surface area (Å²) >= 11 is 0. The fraction of sp³-hybridized carbons (Fsp3) is 0.308. The number of quaternary nitrogens is 1. The Morgan fingerprint density at radius 1 is 0.781 bits per heavy atom. The van der Waals surface area contributed by atoms with Crippen LogP contribution in [0.15, 0.2) is 78.9 Å². The molecule has 3 aromatic rings. The number of nitrogens with zero attached hydrogens (tertiary/aromatic N) is 1. The Labute approximate surface area is 188 Å². The number of ether oxygens (including phenoxy) is 3. The Balaban J connectivity index is 1.92. The highest BCUT2D eigenvalue weighted by molar-refractivity contribution is 5.49. The zero-order valence-electron chi connectivity index (χ0n) is 18.6. The predicted molar refractivity (Wildman–Crippen MR) is 122 cm³/mol. The fourth-order valence-corrected chi connectivity index (χ4v) is 4.46. The molecule has 1 unspecified atom stereocenters. The molecule has 1 aliphatic rings. The van der Waals surface area contributed by atoms with Crippen LogP contribution < -0.4 is 9.47 Å². The SMILES string of the molecule is COc1ccc(C(O[C@H]2C[N+](C)([O-])C[C@@H]2O)(c2ccccc2)c2ccc(OC)cc2)cc1. The first-order valence-electron chi connectivity index (χ1n) is 10.6. The standard InChI is InChI=1S/C26H29NO5/c1-27(29)17-24(28)25(18-27)32-26(19-7-5-4-6-8-19,20-9-13-22(30-2)14-10-20)21-11-15-23(31-3)16-12-21/h4-16,24-25,28H,17-18H2,1-3H3/t24-,25-,27?/m0/s1. The van der Waals surface area contributed by atoms with Gasteiger partial charge in [0.05, 0.1) is 21.3 Å². The topological polar surface area (TPSA) is 71.0 Å². The minimum Gasteiger partial charge on any atom is -0.633 e. The summed E-state index contributed by atoms with van der Waals surface area (Å²) in [4.78, 5) is 0. The van der Waals surface area contributed by atoms with Crippen molar-refractivity contribution in [1.82, 2.24) is 0 Å². The van der Waals surface area contributed by atoms with E-state index in [1.165, 1.54) is 0 Å². The Morgan fingerprint density at radius 2 is 1.25 bits per heavy atom. The van der Waals surface area contributed by atoms with Crippen molar-refractivity contribution in [2.24, 2.45) is 0 Å². The van der Waals surface area contributed by atoms with Crippen molar-refractivity contribution in [2.75, 3.05) is 34.4 Å². The normalized spacial score (nSPS) is 23.2. The lowest BCUT2D eigenvalue weighted by Crippen LogP contribution is -2.42. The second-order valence-electron chi connectivity index (χ2n) is 8.39. The van der Waals surface area contributed by atoms with E-state index in [0.29, 0.717) is 0 Å². The van der Waals surface area contributed by atoms with Gasteiger partial charge in [-0.3, -0.25) is 0 Å². The first-order valence-corrected chi connectivity index (χ1v) is 10.6. The zero-order valence-corrected chi connectivity index (χ0v) is 18.6. The average molecular weight is 436 g/mol. The molecule has 0 aromatic heterocycles. The van der Waals surface area contributed by atoms with E-state index in [1.54, 1.807) is 21.3 Å². The second-order valence-corrected chi connectivity index (χ2v) is 8.39. The summed E-state index contributed by atoms with van der Waals surface area (Å²) in [7, 11) is 4.82. The first-order chi connectivity index (χ1) is 15.4. The highest BCUT2D eigenvalue weighted by atomic mass is 16.6. The number of hydrogen-bond donors (Lipinski definition) is 1. The number of rotatable bonds is 7. The second kappa shape index (κ2) is 8.92. The smallest absolute Gasteiger partial charge is 0.144 e. The Kier molecular flexibility index (Phi) is 6.22. The third-order valence-corrected chi connectivity index (χ3v) is 6.07. The monoisotopic (exact) mass is 435 g/mol. The number of aliphatic hydroxyl groups is 1. The molecular formula is C26H29NO5. The number of likely N-dealkylation sites (tertiary alicyclic amines) is 1. The summed E-state index contributed by atoms with van der Waals surface area (Å²) in [5, 5.41) is 23.4. The summed E-state index contributed by atoms with van der Waals surface area (Å²) in [5.74, 6) is 1.46. The average Bonchev–Trinajstić information content (AvgIpc) is 3.09. The Morgan fingerprint density at radius 3 is 1.66 bits per heavy atom. The molecule has 6 heteroatoms. The quantitative estimate of drug-likeness (QED) is 0.348. The third-order valence-electron chi connectivity index (χ3n) is 6.07. The van der Waals surface area contributed by atoms with Gasteiger partial charge in [0.25, 0.3) is 0 Å². The van der Waals surface area contributed by atoms with Gasteiger partial charge in [0.15, 0.2) is 0 Å². The lowest BCUT2D eigenvalue weighted by Gasteiger charge is -2.39. The lowest BCUT2D eigenvalue weighted by molar-refractivity contribution is -0.850. The molecule has 4 rings (SSSR count). The van der Waals surface area contributed by atoms with Gasteiger partial charge in [0.1, 0.15) is 42.4 Å². The van der Waals surface area contributed by atoms with E-state index in [9.17, 15) is 10.3 Å². The van der Waals surface area contributed by atoms with Crippen LogP contribution in [-0.4, -0.2) is 56.3 Å². The van der Waals surface area contributed by atoms with Gasteiger partial charge in [-0.1, -0.05) is 54.6 Å². The third kappa shape index (κ3) is 4.23. The zero-order chi connectivity index (χ0) is 22.8. The maximum absolute atomic E-state index is 12.7. The van der Waals surface area contributed by atoms with Crippen LogP contribution in [0.2, 0.25) is 0 Å². The molecule has 3 atom stereocenters. The molecule has 6 nitrogen and oxygen atoms in total. The van der Waals surface area contributed by atoms with E-state index < -0.39 is 22.5 Å². The van der Waals surface area contributed by atoms with Crippen LogP contribution in [0.4, 0.5) is 0 Å².